The van der Waals surface area contributed by atoms with Crippen molar-refractivity contribution in [1.82, 2.24) is 0 Å². The van der Waals surface area contributed by atoms with Crippen molar-refractivity contribution in [3.05, 3.63) is 0 Å². The first kappa shape index (κ1) is 9.47. The molecule has 0 aromatic carbocycles. The fourth-order valence-corrected chi connectivity index (χ4v) is 3.16. The van der Waals surface area contributed by atoms with Gasteiger partial charge in [0.2, 0.25) is 0 Å². The highest BCUT2D eigenvalue weighted by atomic mass is 16.5. The minimum Gasteiger partial charge on any atom is -0.394 e. The number of ether oxygens (including phenoxy) is 1. The Labute approximate surface area is 80.3 Å². The Bertz CT molecular complexity index is 181. The van der Waals surface area contributed by atoms with Crippen molar-refractivity contribution in [2.45, 2.75) is 57.2 Å². The molecule has 0 unspecified atom stereocenters. The van der Waals surface area contributed by atoms with Gasteiger partial charge in [-0.25, -0.2) is 0 Å². The van der Waals surface area contributed by atoms with Crippen LogP contribution in [0, 0.1) is 5.92 Å². The van der Waals surface area contributed by atoms with Crippen molar-refractivity contribution >= 4 is 0 Å². The van der Waals surface area contributed by atoms with Gasteiger partial charge in [0, 0.05) is 0 Å². The minimum atomic E-state index is 0.132. The van der Waals surface area contributed by atoms with Gasteiger partial charge in [-0.1, -0.05) is 19.8 Å². The number of aliphatic hydroxyl groups is 1. The molecule has 1 aliphatic carbocycles. The molecule has 2 rings (SSSR count). The first-order valence-corrected chi connectivity index (χ1v) is 5.59. The molecule has 0 aromatic heterocycles. The average molecular weight is 184 g/mol. The lowest BCUT2D eigenvalue weighted by Gasteiger charge is -2.30. The molecule has 2 heteroatoms. The normalized spacial score (nSPS) is 44.8. The molecule has 2 nitrogen and oxygen atoms in total. The molecule has 0 amide bonds. The van der Waals surface area contributed by atoms with E-state index < -0.39 is 0 Å². The van der Waals surface area contributed by atoms with E-state index >= 15 is 0 Å². The third kappa shape index (κ3) is 1.50. The zero-order valence-corrected chi connectivity index (χ0v) is 8.46. The molecule has 13 heavy (non-hydrogen) atoms. The number of rotatable bonds is 2. The van der Waals surface area contributed by atoms with Gasteiger partial charge in [-0.05, 0) is 31.6 Å². The van der Waals surface area contributed by atoms with E-state index in [-0.39, 0.29) is 18.3 Å². The van der Waals surface area contributed by atoms with Gasteiger partial charge in [-0.15, -0.1) is 0 Å². The van der Waals surface area contributed by atoms with Crippen LogP contribution >= 0.6 is 0 Å². The van der Waals surface area contributed by atoms with E-state index in [4.69, 9.17) is 9.84 Å². The van der Waals surface area contributed by atoms with E-state index in [1.54, 1.807) is 0 Å². The molecule has 1 N–H and O–H groups in total. The van der Waals surface area contributed by atoms with Crippen LogP contribution in [0.4, 0.5) is 0 Å². The summed E-state index contributed by atoms with van der Waals surface area (Å²) in [5, 5.41) is 9.04. The summed E-state index contributed by atoms with van der Waals surface area (Å²) in [5.74, 6) is 0.754. The van der Waals surface area contributed by atoms with E-state index in [0.717, 1.165) is 12.3 Å². The fraction of sp³-hybridized carbons (Fsp3) is 1.00. The average Bonchev–Trinajstić information content (AvgIpc) is 2.74. The van der Waals surface area contributed by atoms with Crippen LogP contribution in [0.3, 0.4) is 0 Å². The third-order valence-electron chi connectivity index (χ3n) is 3.88. The second kappa shape index (κ2) is 3.58. The zero-order valence-electron chi connectivity index (χ0n) is 8.46. The number of hydrogen-bond acceptors (Lipinski definition) is 2. The monoisotopic (exact) mass is 184 g/mol. The largest absolute Gasteiger partial charge is 0.394 e. The molecular weight excluding hydrogens is 164 g/mol. The van der Waals surface area contributed by atoms with Crippen LogP contribution in [0.5, 0.6) is 0 Å². The molecule has 1 heterocycles. The summed E-state index contributed by atoms with van der Waals surface area (Å²) in [4.78, 5) is 0. The van der Waals surface area contributed by atoms with Gasteiger partial charge in [0.1, 0.15) is 0 Å². The Morgan fingerprint density at radius 2 is 2.23 bits per heavy atom. The molecule has 2 aliphatic rings. The Balaban J connectivity index is 2.04. The Hall–Kier alpha value is -0.0800. The quantitative estimate of drug-likeness (QED) is 0.712. The molecule has 1 spiro atoms. The summed E-state index contributed by atoms with van der Waals surface area (Å²) >= 11 is 0. The maximum Gasteiger partial charge on any atom is 0.0814 e. The van der Waals surface area contributed by atoms with E-state index in [1.807, 2.05) is 0 Å². The maximum atomic E-state index is 9.04. The lowest BCUT2D eigenvalue weighted by molar-refractivity contribution is -0.0808. The first-order chi connectivity index (χ1) is 6.30. The smallest absolute Gasteiger partial charge is 0.0814 e. The molecule has 3 atom stereocenters. The highest BCUT2D eigenvalue weighted by Crippen LogP contribution is 2.48. The van der Waals surface area contributed by atoms with Gasteiger partial charge >= 0.3 is 0 Å². The molecule has 76 valence electrons. The van der Waals surface area contributed by atoms with Crippen molar-refractivity contribution in [3.8, 4) is 0 Å². The summed E-state index contributed by atoms with van der Waals surface area (Å²) in [6, 6.07) is 0. The van der Waals surface area contributed by atoms with E-state index in [2.05, 4.69) is 6.92 Å². The summed E-state index contributed by atoms with van der Waals surface area (Å²) in [6.07, 6.45) is 7.47. The number of aliphatic hydroxyl groups excluding tert-OH is 1. The standard InChI is InChI=1S/C11H20O2/c1-2-9-4-3-6-11(9)7-5-10(8-12)13-11/h9-10,12H,2-8H2,1H3/t9-,10-,11+/m1/s1. The Kier molecular flexibility index (Phi) is 2.61. The Morgan fingerprint density at radius 1 is 1.38 bits per heavy atom. The second-order valence-electron chi connectivity index (χ2n) is 4.52. The highest BCUT2D eigenvalue weighted by molar-refractivity contribution is 4.98. The van der Waals surface area contributed by atoms with Crippen LogP contribution in [-0.4, -0.2) is 23.4 Å². The van der Waals surface area contributed by atoms with Crippen LogP contribution in [0.25, 0.3) is 0 Å². The molecule has 0 bridgehead atoms. The van der Waals surface area contributed by atoms with Gasteiger partial charge in [-0.2, -0.15) is 0 Å². The van der Waals surface area contributed by atoms with Crippen LogP contribution in [0.15, 0.2) is 0 Å². The molecule has 1 aliphatic heterocycles. The van der Waals surface area contributed by atoms with Crippen LogP contribution in [0.1, 0.15) is 45.4 Å². The topological polar surface area (TPSA) is 29.5 Å². The highest BCUT2D eigenvalue weighted by Gasteiger charge is 2.47. The van der Waals surface area contributed by atoms with Gasteiger partial charge in [0.15, 0.2) is 0 Å². The molecule has 1 saturated heterocycles. The van der Waals surface area contributed by atoms with Crippen LogP contribution in [0.2, 0.25) is 0 Å². The van der Waals surface area contributed by atoms with Gasteiger partial charge < -0.3 is 9.84 Å². The van der Waals surface area contributed by atoms with Crippen LogP contribution in [-0.2, 0) is 4.74 Å². The van der Waals surface area contributed by atoms with Gasteiger partial charge in [-0.3, -0.25) is 0 Å². The SMILES string of the molecule is CC[C@@H]1CCC[C@]12CC[C@H](CO)O2. The van der Waals surface area contributed by atoms with E-state index in [0.29, 0.717) is 0 Å². The van der Waals surface area contributed by atoms with Crippen LogP contribution < -0.4 is 0 Å². The molecular formula is C11H20O2. The molecule has 1 saturated carbocycles. The Morgan fingerprint density at radius 3 is 2.85 bits per heavy atom. The van der Waals surface area contributed by atoms with Gasteiger partial charge in [0.25, 0.3) is 0 Å². The number of hydrogen-bond donors (Lipinski definition) is 1. The van der Waals surface area contributed by atoms with Gasteiger partial charge in [0.05, 0.1) is 18.3 Å². The molecule has 0 radical (unpaired) electrons. The molecule has 2 fully saturated rings. The lowest BCUT2D eigenvalue weighted by Crippen LogP contribution is -2.33. The van der Waals surface area contributed by atoms with Crippen molar-refractivity contribution in [1.29, 1.82) is 0 Å². The lowest BCUT2D eigenvalue weighted by atomic mass is 9.86. The fourth-order valence-electron chi connectivity index (χ4n) is 3.16. The van der Waals surface area contributed by atoms with E-state index in [9.17, 15) is 0 Å². The second-order valence-corrected chi connectivity index (χ2v) is 4.52. The molecule has 0 aromatic rings. The van der Waals surface area contributed by atoms with Crippen molar-refractivity contribution < 1.29 is 9.84 Å². The maximum absolute atomic E-state index is 9.04. The van der Waals surface area contributed by atoms with E-state index in [1.165, 1.54) is 32.1 Å². The third-order valence-corrected chi connectivity index (χ3v) is 3.88. The summed E-state index contributed by atoms with van der Waals surface area (Å²) < 4.78 is 6.01. The predicted molar refractivity (Wildman–Crippen MR) is 51.6 cm³/mol. The summed E-state index contributed by atoms with van der Waals surface area (Å²) in [5.41, 5.74) is 0.169. The minimum absolute atomic E-state index is 0.132. The van der Waals surface area contributed by atoms with Crippen molar-refractivity contribution in [2.75, 3.05) is 6.61 Å². The predicted octanol–water partition coefficient (Wildman–Crippen LogP) is 2.11. The van der Waals surface area contributed by atoms with Crippen molar-refractivity contribution in [2.24, 2.45) is 5.92 Å². The first-order valence-electron chi connectivity index (χ1n) is 5.59. The summed E-state index contributed by atoms with van der Waals surface area (Å²) in [7, 11) is 0. The summed E-state index contributed by atoms with van der Waals surface area (Å²) in [6.45, 7) is 2.46. The van der Waals surface area contributed by atoms with Crippen molar-refractivity contribution in [3.63, 3.8) is 0 Å². The zero-order chi connectivity index (χ0) is 9.31.